The van der Waals surface area contributed by atoms with Crippen molar-refractivity contribution in [1.82, 2.24) is 10.6 Å². The summed E-state index contributed by atoms with van der Waals surface area (Å²) in [6, 6.07) is 10.0. The van der Waals surface area contributed by atoms with Crippen molar-refractivity contribution in [2.75, 3.05) is 46.6 Å². The van der Waals surface area contributed by atoms with Crippen molar-refractivity contribution in [1.29, 1.82) is 0 Å². The van der Waals surface area contributed by atoms with E-state index in [1.165, 1.54) is 5.56 Å². The van der Waals surface area contributed by atoms with E-state index in [0.29, 0.717) is 12.5 Å². The fraction of sp³-hybridized carbons (Fsp3) is 0.542. The Hall–Kier alpha value is -1.94. The van der Waals surface area contributed by atoms with Gasteiger partial charge in [-0.3, -0.25) is 4.99 Å². The molecule has 1 aliphatic heterocycles. The molecule has 1 atom stereocenters. The fourth-order valence-electron chi connectivity index (χ4n) is 3.53. The molecule has 2 aromatic rings. The Labute approximate surface area is 208 Å². The molecule has 1 aliphatic rings. The van der Waals surface area contributed by atoms with Crippen LogP contribution in [0.5, 0.6) is 11.5 Å². The summed E-state index contributed by atoms with van der Waals surface area (Å²) >= 11 is 0. The largest absolute Gasteiger partial charge is 0.493 e. The molecule has 1 aromatic heterocycles. The second kappa shape index (κ2) is 15.0. The maximum Gasteiger partial charge on any atom is 0.191 e. The number of aryl methyl sites for hydroxylation is 1. The Kier molecular flexibility index (Phi) is 12.3. The first-order chi connectivity index (χ1) is 15.3. The lowest BCUT2D eigenvalue weighted by molar-refractivity contribution is 0.187. The molecule has 2 N–H and O–H groups in total. The third-order valence-corrected chi connectivity index (χ3v) is 5.24. The average Bonchev–Trinajstić information content (AvgIpc) is 3.49. The van der Waals surface area contributed by atoms with Crippen molar-refractivity contribution in [3.05, 3.63) is 47.9 Å². The van der Waals surface area contributed by atoms with E-state index in [1.807, 2.05) is 25.1 Å². The number of guanidine groups is 1. The molecule has 0 amide bonds. The summed E-state index contributed by atoms with van der Waals surface area (Å²) in [6.45, 7) is 6.65. The predicted octanol–water partition coefficient (Wildman–Crippen LogP) is 4.05. The molecule has 1 saturated heterocycles. The minimum absolute atomic E-state index is 0. The van der Waals surface area contributed by atoms with Crippen molar-refractivity contribution >= 4 is 29.9 Å². The van der Waals surface area contributed by atoms with Crippen LogP contribution in [-0.2, 0) is 17.6 Å². The highest BCUT2D eigenvalue weighted by Gasteiger charge is 2.15. The third kappa shape index (κ3) is 8.90. The Morgan fingerprint density at radius 3 is 2.75 bits per heavy atom. The topological polar surface area (TPSA) is 77.2 Å². The highest BCUT2D eigenvalue weighted by Crippen LogP contribution is 2.28. The van der Waals surface area contributed by atoms with Gasteiger partial charge in [-0.05, 0) is 56.0 Å². The molecule has 0 aliphatic carbocycles. The molecule has 1 unspecified atom stereocenters. The summed E-state index contributed by atoms with van der Waals surface area (Å²) in [4.78, 5) is 4.78. The molecule has 7 nitrogen and oxygen atoms in total. The maximum atomic E-state index is 5.68. The second-order valence-electron chi connectivity index (χ2n) is 7.62. The van der Waals surface area contributed by atoms with Crippen LogP contribution in [0.3, 0.4) is 0 Å². The number of rotatable bonds is 12. The molecule has 0 spiro atoms. The summed E-state index contributed by atoms with van der Waals surface area (Å²) < 4.78 is 21.9. The number of methoxy groups -OCH3 is 1. The number of ether oxygens (including phenoxy) is 3. The lowest BCUT2D eigenvalue weighted by atomic mass is 10.1. The molecular formula is C24H36IN3O4. The van der Waals surface area contributed by atoms with Gasteiger partial charge in [0.2, 0.25) is 0 Å². The van der Waals surface area contributed by atoms with Crippen molar-refractivity contribution < 1.29 is 18.6 Å². The fourth-order valence-corrected chi connectivity index (χ4v) is 3.53. The molecule has 1 fully saturated rings. The molecule has 0 bridgehead atoms. The highest BCUT2D eigenvalue weighted by molar-refractivity contribution is 14.0. The molecule has 1 aromatic carbocycles. The highest BCUT2D eigenvalue weighted by atomic mass is 127. The van der Waals surface area contributed by atoms with Crippen LogP contribution in [0.2, 0.25) is 0 Å². The Morgan fingerprint density at radius 2 is 2.03 bits per heavy atom. The number of aliphatic imine (C=N–C) groups is 1. The van der Waals surface area contributed by atoms with Crippen molar-refractivity contribution in [3.63, 3.8) is 0 Å². The van der Waals surface area contributed by atoms with Gasteiger partial charge >= 0.3 is 0 Å². The summed E-state index contributed by atoms with van der Waals surface area (Å²) in [6.07, 6.45) is 5.56. The lowest BCUT2D eigenvalue weighted by Crippen LogP contribution is -2.39. The number of furan rings is 1. The first-order valence-corrected chi connectivity index (χ1v) is 11.2. The number of benzene rings is 1. The third-order valence-electron chi connectivity index (χ3n) is 5.24. The molecule has 0 radical (unpaired) electrons. The maximum absolute atomic E-state index is 5.68. The SMILES string of the molecule is CCOc1cc(CCCNC(=NCC2CCOC2)NCCc2ccco2)ccc1OC.I. The number of hydrogen-bond donors (Lipinski definition) is 2. The molecular weight excluding hydrogens is 521 g/mol. The van der Waals surface area contributed by atoms with Crippen LogP contribution in [-0.4, -0.2) is 52.5 Å². The molecule has 3 rings (SSSR count). The van der Waals surface area contributed by atoms with Crippen LogP contribution >= 0.6 is 24.0 Å². The summed E-state index contributed by atoms with van der Waals surface area (Å²) in [5.74, 6) is 3.91. The van der Waals surface area contributed by atoms with Gasteiger partial charge in [0.25, 0.3) is 0 Å². The van der Waals surface area contributed by atoms with Gasteiger partial charge in [0.1, 0.15) is 5.76 Å². The van der Waals surface area contributed by atoms with Crippen LogP contribution in [0.15, 0.2) is 46.0 Å². The minimum Gasteiger partial charge on any atom is -0.493 e. The van der Waals surface area contributed by atoms with Crippen molar-refractivity contribution in [3.8, 4) is 11.5 Å². The average molecular weight is 557 g/mol. The Balaban J connectivity index is 0.00000363. The van der Waals surface area contributed by atoms with Gasteiger partial charge in [-0.1, -0.05) is 6.07 Å². The second-order valence-corrected chi connectivity index (χ2v) is 7.62. The predicted molar refractivity (Wildman–Crippen MR) is 138 cm³/mol. The summed E-state index contributed by atoms with van der Waals surface area (Å²) in [7, 11) is 1.67. The van der Waals surface area contributed by atoms with Gasteiger partial charge in [-0.2, -0.15) is 0 Å². The van der Waals surface area contributed by atoms with Crippen LogP contribution < -0.4 is 20.1 Å². The quantitative estimate of drug-likeness (QED) is 0.178. The molecule has 178 valence electrons. The number of nitrogens with one attached hydrogen (secondary N) is 2. The van der Waals surface area contributed by atoms with Crippen LogP contribution in [0.25, 0.3) is 0 Å². The monoisotopic (exact) mass is 557 g/mol. The number of halogens is 1. The normalized spacial score (nSPS) is 15.8. The van der Waals surface area contributed by atoms with E-state index >= 15 is 0 Å². The smallest absolute Gasteiger partial charge is 0.191 e. The van der Waals surface area contributed by atoms with E-state index in [1.54, 1.807) is 13.4 Å². The first kappa shape index (κ1) is 26.3. The zero-order valence-electron chi connectivity index (χ0n) is 19.1. The lowest BCUT2D eigenvalue weighted by Gasteiger charge is -2.14. The van der Waals surface area contributed by atoms with Gasteiger partial charge in [0.15, 0.2) is 17.5 Å². The van der Waals surface area contributed by atoms with Crippen LogP contribution in [0.1, 0.15) is 31.1 Å². The van der Waals surface area contributed by atoms with E-state index < -0.39 is 0 Å². The Morgan fingerprint density at radius 1 is 1.16 bits per heavy atom. The summed E-state index contributed by atoms with van der Waals surface area (Å²) in [5, 5.41) is 6.89. The zero-order chi connectivity index (χ0) is 21.7. The van der Waals surface area contributed by atoms with E-state index in [0.717, 1.165) is 81.8 Å². The molecule has 0 saturated carbocycles. The van der Waals surface area contributed by atoms with E-state index in [4.69, 9.17) is 23.6 Å². The van der Waals surface area contributed by atoms with Gasteiger partial charge in [0.05, 0.1) is 26.6 Å². The zero-order valence-corrected chi connectivity index (χ0v) is 21.4. The standard InChI is InChI=1S/C24H35N3O4.HI/c1-3-30-23-16-19(8-9-22(23)28-2)6-4-12-25-24(27-17-20-11-15-29-18-20)26-13-10-21-7-5-14-31-21;/h5,7-9,14,16,20H,3-4,6,10-13,15,17-18H2,1-2H3,(H2,25,26,27);1H. The molecule has 2 heterocycles. The Bertz CT molecular complexity index is 793. The van der Waals surface area contributed by atoms with Crippen molar-refractivity contribution in [2.45, 2.75) is 32.6 Å². The van der Waals surface area contributed by atoms with Gasteiger partial charge in [-0.15, -0.1) is 24.0 Å². The number of nitrogens with zero attached hydrogens (tertiary/aromatic N) is 1. The minimum atomic E-state index is 0. The van der Waals surface area contributed by atoms with Gasteiger partial charge < -0.3 is 29.3 Å². The summed E-state index contributed by atoms with van der Waals surface area (Å²) in [5.41, 5.74) is 1.23. The first-order valence-electron chi connectivity index (χ1n) is 11.2. The molecule has 8 heteroatoms. The van der Waals surface area contributed by atoms with E-state index in [2.05, 4.69) is 22.8 Å². The molecule has 32 heavy (non-hydrogen) atoms. The van der Waals surface area contributed by atoms with Gasteiger partial charge in [-0.25, -0.2) is 0 Å². The van der Waals surface area contributed by atoms with Crippen LogP contribution in [0, 0.1) is 5.92 Å². The van der Waals surface area contributed by atoms with Crippen molar-refractivity contribution in [2.24, 2.45) is 10.9 Å². The van der Waals surface area contributed by atoms with Crippen LogP contribution in [0.4, 0.5) is 0 Å². The van der Waals surface area contributed by atoms with Gasteiger partial charge in [0, 0.05) is 38.6 Å². The van der Waals surface area contributed by atoms with E-state index in [-0.39, 0.29) is 24.0 Å². The van der Waals surface area contributed by atoms with E-state index in [9.17, 15) is 0 Å². The number of hydrogen-bond acceptors (Lipinski definition) is 5.